The fourth-order valence-electron chi connectivity index (χ4n) is 3.27. The summed E-state index contributed by atoms with van der Waals surface area (Å²) >= 11 is 0. The lowest BCUT2D eigenvalue weighted by Gasteiger charge is -2.14. The first-order valence-electron chi connectivity index (χ1n) is 9.85. The van der Waals surface area contributed by atoms with Gasteiger partial charge in [-0.05, 0) is 48.5 Å². The summed E-state index contributed by atoms with van der Waals surface area (Å²) in [6.07, 6.45) is -1.91. The highest BCUT2D eigenvalue weighted by Gasteiger charge is 2.31. The van der Waals surface area contributed by atoms with Gasteiger partial charge in [-0.1, -0.05) is 6.07 Å². The molecule has 3 aromatic heterocycles. The molecular weight excluding hydrogens is 455 g/mol. The molecule has 3 heterocycles. The summed E-state index contributed by atoms with van der Waals surface area (Å²) in [5.41, 5.74) is -0.535. The minimum atomic E-state index is -4.83. The number of hydrogen-bond acceptors (Lipinski definition) is 6. The second kappa shape index (κ2) is 9.17. The van der Waals surface area contributed by atoms with E-state index in [1.807, 2.05) is 0 Å². The Bertz CT molecular complexity index is 1450. The van der Waals surface area contributed by atoms with E-state index in [2.05, 4.69) is 20.0 Å². The van der Waals surface area contributed by atoms with E-state index in [-0.39, 0.29) is 23.3 Å². The van der Waals surface area contributed by atoms with E-state index in [1.165, 1.54) is 36.7 Å². The van der Waals surface area contributed by atoms with Gasteiger partial charge in [-0.15, -0.1) is 13.2 Å². The molecule has 34 heavy (non-hydrogen) atoms. The van der Waals surface area contributed by atoms with Crippen molar-refractivity contribution in [3.8, 4) is 5.75 Å². The van der Waals surface area contributed by atoms with Gasteiger partial charge in [-0.3, -0.25) is 23.7 Å². The van der Waals surface area contributed by atoms with Gasteiger partial charge >= 0.3 is 12.1 Å². The fourth-order valence-corrected chi connectivity index (χ4v) is 3.27. The Labute approximate surface area is 189 Å². The monoisotopic (exact) mass is 471 g/mol. The molecule has 4 aromatic rings. The normalized spacial score (nSPS) is 11.4. The van der Waals surface area contributed by atoms with Gasteiger partial charge in [0.05, 0.1) is 17.8 Å². The minimum absolute atomic E-state index is 0.000478. The van der Waals surface area contributed by atoms with Gasteiger partial charge in [0, 0.05) is 18.1 Å². The van der Waals surface area contributed by atoms with Crippen molar-refractivity contribution < 1.29 is 22.7 Å². The summed E-state index contributed by atoms with van der Waals surface area (Å²) in [5.74, 6) is -1.08. The van der Waals surface area contributed by atoms with Gasteiger partial charge in [0.2, 0.25) is 5.91 Å². The quantitative estimate of drug-likeness (QED) is 0.463. The van der Waals surface area contributed by atoms with Crippen molar-refractivity contribution in [3.05, 3.63) is 93.5 Å². The number of rotatable bonds is 6. The Morgan fingerprint density at radius 2 is 1.68 bits per heavy atom. The number of benzene rings is 1. The molecule has 0 bridgehead atoms. The lowest BCUT2D eigenvalue weighted by molar-refractivity contribution is -0.274. The number of anilines is 1. The van der Waals surface area contributed by atoms with Crippen LogP contribution < -0.4 is 21.3 Å². The first-order valence-corrected chi connectivity index (χ1v) is 9.85. The molecule has 9 nitrogen and oxygen atoms in total. The molecule has 0 aliphatic rings. The number of nitrogens with zero attached hydrogens (tertiary/aromatic N) is 4. The maximum absolute atomic E-state index is 13.1. The molecule has 0 radical (unpaired) electrons. The number of fused-ring (bicyclic) bond motifs is 1. The number of hydrogen-bond donors (Lipinski definition) is 1. The predicted octanol–water partition coefficient (Wildman–Crippen LogP) is 2.54. The molecular formula is C22H16F3N5O4. The molecule has 0 unspecified atom stereocenters. The maximum Gasteiger partial charge on any atom is 0.573 e. The Morgan fingerprint density at radius 1 is 0.941 bits per heavy atom. The van der Waals surface area contributed by atoms with Crippen molar-refractivity contribution >= 4 is 22.6 Å². The van der Waals surface area contributed by atoms with E-state index in [1.54, 1.807) is 18.2 Å². The number of halogens is 3. The molecule has 0 saturated heterocycles. The van der Waals surface area contributed by atoms with E-state index < -0.39 is 35.8 Å². The minimum Gasteiger partial charge on any atom is -0.406 e. The zero-order valence-corrected chi connectivity index (χ0v) is 17.3. The summed E-state index contributed by atoms with van der Waals surface area (Å²) in [6, 6.07) is 12.6. The standard InChI is InChI=1S/C22H16F3N5O4/c23-22(24,25)34-16-8-6-14(7-9-16)28-18(31)13-29-17-5-3-11-27-19(17)20(32)30(21(29)33)12-15-4-1-2-10-26-15/h1-11H,12-13H2,(H,28,31). The fraction of sp³-hybridized carbons (Fsp3) is 0.136. The predicted molar refractivity (Wildman–Crippen MR) is 115 cm³/mol. The number of carbonyl (C=O) groups excluding carboxylic acids is 1. The highest BCUT2D eigenvalue weighted by Crippen LogP contribution is 2.24. The smallest absolute Gasteiger partial charge is 0.406 e. The van der Waals surface area contributed by atoms with Gasteiger partial charge in [-0.2, -0.15) is 0 Å². The first kappa shape index (κ1) is 22.7. The van der Waals surface area contributed by atoms with E-state index in [0.29, 0.717) is 5.69 Å². The average Bonchev–Trinajstić information content (AvgIpc) is 2.80. The maximum atomic E-state index is 13.1. The topological polar surface area (TPSA) is 108 Å². The molecule has 12 heteroatoms. The number of pyridine rings is 2. The summed E-state index contributed by atoms with van der Waals surface area (Å²) in [6.45, 7) is -0.586. The summed E-state index contributed by atoms with van der Waals surface area (Å²) < 4.78 is 42.7. The number of aromatic nitrogens is 4. The van der Waals surface area contributed by atoms with Crippen LogP contribution in [-0.4, -0.2) is 31.4 Å². The summed E-state index contributed by atoms with van der Waals surface area (Å²) in [4.78, 5) is 46.9. The summed E-state index contributed by atoms with van der Waals surface area (Å²) in [5, 5.41) is 2.50. The molecule has 4 rings (SSSR count). The number of carbonyl (C=O) groups is 1. The van der Waals surface area contributed by atoms with Crippen LogP contribution in [0, 0.1) is 0 Å². The molecule has 0 atom stereocenters. The van der Waals surface area contributed by atoms with Crippen LogP contribution >= 0.6 is 0 Å². The zero-order chi connectivity index (χ0) is 24.3. The van der Waals surface area contributed by atoms with Crippen molar-refractivity contribution in [1.29, 1.82) is 0 Å². The Morgan fingerprint density at radius 3 is 2.35 bits per heavy atom. The first-order chi connectivity index (χ1) is 16.2. The van der Waals surface area contributed by atoms with Crippen molar-refractivity contribution in [3.63, 3.8) is 0 Å². The van der Waals surface area contributed by atoms with Crippen LogP contribution in [0.4, 0.5) is 18.9 Å². The largest absolute Gasteiger partial charge is 0.573 e. The summed E-state index contributed by atoms with van der Waals surface area (Å²) in [7, 11) is 0. The highest BCUT2D eigenvalue weighted by atomic mass is 19.4. The number of nitrogens with one attached hydrogen (secondary N) is 1. The average molecular weight is 471 g/mol. The third-order valence-electron chi connectivity index (χ3n) is 4.71. The van der Waals surface area contributed by atoms with Gasteiger partial charge in [0.1, 0.15) is 12.3 Å². The third-order valence-corrected chi connectivity index (χ3v) is 4.71. The van der Waals surface area contributed by atoms with Crippen molar-refractivity contribution in [2.45, 2.75) is 19.5 Å². The van der Waals surface area contributed by atoms with Crippen LogP contribution in [-0.2, 0) is 17.9 Å². The second-order valence-electron chi connectivity index (χ2n) is 7.07. The van der Waals surface area contributed by atoms with Gasteiger partial charge in [-0.25, -0.2) is 9.78 Å². The molecule has 0 spiro atoms. The highest BCUT2D eigenvalue weighted by molar-refractivity contribution is 5.91. The van der Waals surface area contributed by atoms with E-state index in [9.17, 15) is 27.6 Å². The van der Waals surface area contributed by atoms with Gasteiger partial charge < -0.3 is 10.1 Å². The van der Waals surface area contributed by atoms with Crippen molar-refractivity contribution in [2.75, 3.05) is 5.32 Å². The van der Waals surface area contributed by atoms with Crippen LogP contribution in [0.5, 0.6) is 5.75 Å². The third kappa shape index (κ3) is 5.11. The Balaban J connectivity index is 1.63. The van der Waals surface area contributed by atoms with E-state index >= 15 is 0 Å². The van der Waals surface area contributed by atoms with Crippen LogP contribution in [0.1, 0.15) is 5.69 Å². The molecule has 0 fully saturated rings. The number of amides is 1. The number of alkyl halides is 3. The zero-order valence-electron chi connectivity index (χ0n) is 17.3. The second-order valence-corrected chi connectivity index (χ2v) is 7.07. The van der Waals surface area contributed by atoms with Crippen LogP contribution in [0.2, 0.25) is 0 Å². The van der Waals surface area contributed by atoms with E-state index in [0.717, 1.165) is 21.3 Å². The molecule has 174 valence electrons. The van der Waals surface area contributed by atoms with Crippen LogP contribution in [0.15, 0.2) is 76.6 Å². The lowest BCUT2D eigenvalue weighted by Crippen LogP contribution is -2.42. The molecule has 1 aromatic carbocycles. The molecule has 0 aliphatic carbocycles. The lowest BCUT2D eigenvalue weighted by atomic mass is 10.3. The van der Waals surface area contributed by atoms with Crippen LogP contribution in [0.25, 0.3) is 11.0 Å². The van der Waals surface area contributed by atoms with Crippen molar-refractivity contribution in [1.82, 2.24) is 19.1 Å². The molecule has 0 saturated carbocycles. The molecule has 1 N–H and O–H groups in total. The molecule has 1 amide bonds. The van der Waals surface area contributed by atoms with Gasteiger partial charge in [0.25, 0.3) is 5.56 Å². The van der Waals surface area contributed by atoms with Crippen LogP contribution in [0.3, 0.4) is 0 Å². The Kier molecular flexibility index (Phi) is 6.13. The van der Waals surface area contributed by atoms with Crippen molar-refractivity contribution in [2.24, 2.45) is 0 Å². The van der Waals surface area contributed by atoms with Gasteiger partial charge in [0.15, 0.2) is 5.52 Å². The van der Waals surface area contributed by atoms with E-state index in [4.69, 9.17) is 0 Å². The number of ether oxygens (including phenoxy) is 1. The Hall–Kier alpha value is -4.48. The molecule has 0 aliphatic heterocycles. The SMILES string of the molecule is O=C(Cn1c(=O)n(Cc2ccccn2)c(=O)c2ncccc21)Nc1ccc(OC(F)(F)F)cc1.